The molecular formula is C10H17N3O. The lowest BCUT2D eigenvalue weighted by Gasteiger charge is -2.16. The second kappa shape index (κ2) is 4.26. The van der Waals surface area contributed by atoms with Crippen molar-refractivity contribution in [3.8, 4) is 0 Å². The van der Waals surface area contributed by atoms with E-state index in [1.165, 1.54) is 0 Å². The first kappa shape index (κ1) is 10.8. The standard InChI is InChI=1S/C10H17N3O/c1-10(2,3)8(14)4-6-11-9-5-7-12-13-9/h5,7H,4,6H2,1-3H3,(H2,11,12,13). The van der Waals surface area contributed by atoms with Crippen molar-refractivity contribution in [3.05, 3.63) is 12.3 Å². The zero-order valence-corrected chi connectivity index (χ0v) is 8.92. The maximum absolute atomic E-state index is 11.5. The number of Topliss-reactive ketones (excluding diaryl/α,β-unsaturated/α-hetero) is 1. The molecule has 1 rings (SSSR count). The van der Waals surface area contributed by atoms with E-state index in [2.05, 4.69) is 15.5 Å². The van der Waals surface area contributed by atoms with E-state index in [0.717, 1.165) is 5.82 Å². The number of nitrogens with zero attached hydrogens (tertiary/aromatic N) is 1. The van der Waals surface area contributed by atoms with E-state index in [0.29, 0.717) is 13.0 Å². The largest absolute Gasteiger partial charge is 0.370 e. The summed E-state index contributed by atoms with van der Waals surface area (Å²) in [6.45, 7) is 6.46. The number of aromatic nitrogens is 2. The van der Waals surface area contributed by atoms with Crippen LogP contribution in [0.1, 0.15) is 27.2 Å². The third-order valence-electron chi connectivity index (χ3n) is 2.00. The van der Waals surface area contributed by atoms with Crippen molar-refractivity contribution in [2.45, 2.75) is 27.2 Å². The number of ketones is 1. The fourth-order valence-corrected chi connectivity index (χ4v) is 1.04. The van der Waals surface area contributed by atoms with E-state index >= 15 is 0 Å². The maximum atomic E-state index is 11.5. The minimum absolute atomic E-state index is 0.240. The number of anilines is 1. The van der Waals surface area contributed by atoms with Crippen LogP contribution in [0.4, 0.5) is 5.82 Å². The predicted octanol–water partition coefficient (Wildman–Crippen LogP) is 1.83. The van der Waals surface area contributed by atoms with E-state index in [9.17, 15) is 4.79 Å². The molecule has 0 aliphatic carbocycles. The Labute approximate surface area is 84.1 Å². The van der Waals surface area contributed by atoms with Gasteiger partial charge in [-0.1, -0.05) is 20.8 Å². The van der Waals surface area contributed by atoms with Gasteiger partial charge in [-0.25, -0.2) is 0 Å². The highest BCUT2D eigenvalue weighted by Crippen LogP contribution is 2.16. The van der Waals surface area contributed by atoms with Crippen LogP contribution in [0.5, 0.6) is 0 Å². The minimum atomic E-state index is -0.240. The van der Waals surface area contributed by atoms with Crippen molar-refractivity contribution in [1.29, 1.82) is 0 Å². The number of carbonyl (C=O) groups is 1. The smallest absolute Gasteiger partial charge is 0.139 e. The van der Waals surface area contributed by atoms with Crippen molar-refractivity contribution in [2.24, 2.45) is 5.41 Å². The molecule has 0 saturated carbocycles. The molecule has 1 heterocycles. The Bertz CT molecular complexity index is 285. The Morgan fingerprint density at radius 3 is 2.79 bits per heavy atom. The van der Waals surface area contributed by atoms with Gasteiger partial charge in [-0.3, -0.25) is 9.89 Å². The molecule has 4 heteroatoms. The molecule has 0 atom stereocenters. The van der Waals surface area contributed by atoms with Gasteiger partial charge in [0.2, 0.25) is 0 Å². The predicted molar refractivity (Wildman–Crippen MR) is 56.2 cm³/mol. The molecule has 2 N–H and O–H groups in total. The highest BCUT2D eigenvalue weighted by atomic mass is 16.1. The summed E-state index contributed by atoms with van der Waals surface area (Å²) in [6.07, 6.45) is 2.22. The van der Waals surface area contributed by atoms with Crippen molar-refractivity contribution < 1.29 is 4.79 Å². The van der Waals surface area contributed by atoms with Crippen molar-refractivity contribution >= 4 is 11.6 Å². The summed E-state index contributed by atoms with van der Waals surface area (Å²) < 4.78 is 0. The van der Waals surface area contributed by atoms with E-state index in [-0.39, 0.29) is 11.2 Å². The number of H-pyrrole nitrogens is 1. The quantitative estimate of drug-likeness (QED) is 0.770. The molecule has 0 fully saturated rings. The maximum Gasteiger partial charge on any atom is 0.139 e. The number of aromatic amines is 1. The van der Waals surface area contributed by atoms with Crippen LogP contribution < -0.4 is 5.32 Å². The number of nitrogens with one attached hydrogen (secondary N) is 2. The van der Waals surface area contributed by atoms with Gasteiger partial charge in [0.1, 0.15) is 11.6 Å². The van der Waals surface area contributed by atoms with Crippen molar-refractivity contribution in [2.75, 3.05) is 11.9 Å². The highest BCUT2D eigenvalue weighted by Gasteiger charge is 2.19. The summed E-state index contributed by atoms with van der Waals surface area (Å²) in [6, 6.07) is 1.83. The molecule has 78 valence electrons. The molecule has 0 radical (unpaired) electrons. The number of hydrogen-bond acceptors (Lipinski definition) is 3. The molecule has 0 aliphatic heterocycles. The fraction of sp³-hybridized carbons (Fsp3) is 0.600. The second-order valence-electron chi connectivity index (χ2n) is 4.32. The molecule has 0 bridgehead atoms. The third-order valence-corrected chi connectivity index (χ3v) is 2.00. The Hall–Kier alpha value is -1.32. The second-order valence-corrected chi connectivity index (χ2v) is 4.32. The number of hydrogen-bond donors (Lipinski definition) is 2. The van der Waals surface area contributed by atoms with Gasteiger partial charge < -0.3 is 5.32 Å². The van der Waals surface area contributed by atoms with Crippen LogP contribution in [0.2, 0.25) is 0 Å². The molecule has 1 aromatic rings. The minimum Gasteiger partial charge on any atom is -0.370 e. The Morgan fingerprint density at radius 2 is 2.29 bits per heavy atom. The van der Waals surface area contributed by atoms with E-state index in [1.54, 1.807) is 6.20 Å². The molecule has 0 saturated heterocycles. The molecular weight excluding hydrogens is 178 g/mol. The van der Waals surface area contributed by atoms with Crippen LogP contribution in [-0.2, 0) is 4.79 Å². The van der Waals surface area contributed by atoms with Gasteiger partial charge in [-0.15, -0.1) is 0 Å². The average molecular weight is 195 g/mol. The Kier molecular flexibility index (Phi) is 3.28. The lowest BCUT2D eigenvalue weighted by molar-refractivity contribution is -0.126. The lowest BCUT2D eigenvalue weighted by atomic mass is 9.89. The lowest BCUT2D eigenvalue weighted by Crippen LogP contribution is -2.22. The monoisotopic (exact) mass is 195 g/mol. The first-order valence-electron chi connectivity index (χ1n) is 4.77. The molecule has 0 spiro atoms. The fourth-order valence-electron chi connectivity index (χ4n) is 1.04. The van der Waals surface area contributed by atoms with Gasteiger partial charge in [0.05, 0.1) is 6.20 Å². The Balaban J connectivity index is 2.26. The molecule has 1 aromatic heterocycles. The first-order chi connectivity index (χ1) is 6.50. The number of rotatable bonds is 4. The van der Waals surface area contributed by atoms with Gasteiger partial charge in [-0.2, -0.15) is 5.10 Å². The van der Waals surface area contributed by atoms with Crippen LogP contribution in [0.25, 0.3) is 0 Å². The molecule has 0 aromatic carbocycles. The normalized spacial score (nSPS) is 11.4. The van der Waals surface area contributed by atoms with Gasteiger partial charge in [0.25, 0.3) is 0 Å². The van der Waals surface area contributed by atoms with Gasteiger partial charge >= 0.3 is 0 Å². The summed E-state index contributed by atoms with van der Waals surface area (Å²) in [5.41, 5.74) is -0.240. The van der Waals surface area contributed by atoms with E-state index < -0.39 is 0 Å². The Morgan fingerprint density at radius 1 is 1.57 bits per heavy atom. The molecule has 0 unspecified atom stereocenters. The van der Waals surface area contributed by atoms with E-state index in [4.69, 9.17) is 0 Å². The van der Waals surface area contributed by atoms with Crippen LogP contribution in [0.15, 0.2) is 12.3 Å². The van der Waals surface area contributed by atoms with Crippen LogP contribution in [0.3, 0.4) is 0 Å². The van der Waals surface area contributed by atoms with Gasteiger partial charge in [-0.05, 0) is 6.07 Å². The molecule has 0 amide bonds. The van der Waals surface area contributed by atoms with Crippen LogP contribution in [-0.4, -0.2) is 22.5 Å². The van der Waals surface area contributed by atoms with E-state index in [1.807, 2.05) is 26.8 Å². The highest BCUT2D eigenvalue weighted by molar-refractivity contribution is 5.83. The molecule has 0 aliphatic rings. The molecule has 4 nitrogen and oxygen atoms in total. The summed E-state index contributed by atoms with van der Waals surface area (Å²) in [5, 5.41) is 9.66. The van der Waals surface area contributed by atoms with Crippen LogP contribution >= 0.6 is 0 Å². The van der Waals surface area contributed by atoms with Crippen molar-refractivity contribution in [3.63, 3.8) is 0 Å². The third kappa shape index (κ3) is 3.20. The average Bonchev–Trinajstić information content (AvgIpc) is 2.55. The zero-order chi connectivity index (χ0) is 10.6. The van der Waals surface area contributed by atoms with Gasteiger partial charge in [0, 0.05) is 18.4 Å². The summed E-state index contributed by atoms with van der Waals surface area (Å²) >= 11 is 0. The topological polar surface area (TPSA) is 57.8 Å². The zero-order valence-electron chi connectivity index (χ0n) is 8.92. The molecule has 14 heavy (non-hydrogen) atoms. The first-order valence-corrected chi connectivity index (χ1v) is 4.77. The SMILES string of the molecule is CC(C)(C)C(=O)CCNc1ccn[nH]1. The van der Waals surface area contributed by atoms with Crippen molar-refractivity contribution in [1.82, 2.24) is 10.2 Å². The summed E-state index contributed by atoms with van der Waals surface area (Å²) in [5.74, 6) is 1.12. The number of carbonyl (C=O) groups excluding carboxylic acids is 1. The summed E-state index contributed by atoms with van der Waals surface area (Å²) in [4.78, 5) is 11.5. The van der Waals surface area contributed by atoms with Crippen LogP contribution in [0, 0.1) is 5.41 Å². The summed E-state index contributed by atoms with van der Waals surface area (Å²) in [7, 11) is 0. The van der Waals surface area contributed by atoms with Gasteiger partial charge in [0.15, 0.2) is 0 Å².